The van der Waals surface area contributed by atoms with Gasteiger partial charge in [0.25, 0.3) is 11.1 Å². The second kappa shape index (κ2) is 10.1. The highest BCUT2D eigenvalue weighted by atomic mass is 32.2. The van der Waals surface area contributed by atoms with Crippen LogP contribution in [-0.2, 0) is 14.3 Å². The first-order valence-electron chi connectivity index (χ1n) is 8.84. The van der Waals surface area contributed by atoms with E-state index >= 15 is 0 Å². The number of esters is 1. The van der Waals surface area contributed by atoms with Crippen molar-refractivity contribution in [2.24, 2.45) is 0 Å². The van der Waals surface area contributed by atoms with Crippen molar-refractivity contribution >= 4 is 35.0 Å². The molecule has 0 unspecified atom stereocenters. The van der Waals surface area contributed by atoms with Crippen molar-refractivity contribution in [3.8, 4) is 0 Å². The summed E-state index contributed by atoms with van der Waals surface area (Å²) >= 11 is 0.899. The molecular formula is C19H25N2O4S+. The maximum atomic E-state index is 12.4. The second-order valence-corrected chi connectivity index (χ2v) is 6.91. The van der Waals surface area contributed by atoms with Gasteiger partial charge in [0.05, 0.1) is 24.4 Å². The average Bonchev–Trinajstić information content (AvgIpc) is 2.91. The van der Waals surface area contributed by atoms with Crippen LogP contribution < -0.4 is 4.90 Å². The molecule has 0 bridgehead atoms. The van der Waals surface area contributed by atoms with Crippen molar-refractivity contribution in [1.82, 2.24) is 4.90 Å². The molecule has 1 aliphatic heterocycles. The Kier molecular flexibility index (Phi) is 7.87. The lowest BCUT2D eigenvalue weighted by atomic mass is 10.2. The number of benzene rings is 1. The van der Waals surface area contributed by atoms with Gasteiger partial charge in [-0.3, -0.25) is 19.3 Å². The van der Waals surface area contributed by atoms with Gasteiger partial charge in [0.1, 0.15) is 13.2 Å². The molecule has 2 amide bonds. The first-order valence-corrected chi connectivity index (χ1v) is 9.66. The fourth-order valence-electron chi connectivity index (χ4n) is 2.58. The monoisotopic (exact) mass is 377 g/mol. The summed E-state index contributed by atoms with van der Waals surface area (Å²) in [6.45, 7) is 7.31. The number of thioether (sulfide) groups is 1. The van der Waals surface area contributed by atoms with E-state index in [2.05, 4.69) is 13.8 Å². The van der Waals surface area contributed by atoms with Crippen molar-refractivity contribution < 1.29 is 24.0 Å². The Morgan fingerprint density at radius 3 is 2.54 bits per heavy atom. The lowest BCUT2D eigenvalue weighted by Crippen LogP contribution is -3.11. The molecule has 1 saturated heterocycles. The van der Waals surface area contributed by atoms with Gasteiger partial charge in [-0.15, -0.1) is 0 Å². The van der Waals surface area contributed by atoms with E-state index in [0.29, 0.717) is 11.5 Å². The zero-order chi connectivity index (χ0) is 18.9. The van der Waals surface area contributed by atoms with Gasteiger partial charge in [0.15, 0.2) is 0 Å². The van der Waals surface area contributed by atoms with Crippen LogP contribution in [0, 0.1) is 0 Å². The van der Waals surface area contributed by atoms with Gasteiger partial charge in [-0.05, 0) is 37.2 Å². The SMILES string of the molecule is CC[NH+](CC)CCOC(=O)CCN1C(=O)S/C(=C\c2ccccc2)C1=O. The fraction of sp³-hybridized carbons (Fsp3) is 0.421. The number of ether oxygens (including phenoxy) is 1. The normalized spacial score (nSPS) is 16.0. The predicted octanol–water partition coefficient (Wildman–Crippen LogP) is 1.58. The van der Waals surface area contributed by atoms with Crippen LogP contribution in [-0.4, -0.2) is 54.8 Å². The molecule has 140 valence electrons. The van der Waals surface area contributed by atoms with E-state index in [9.17, 15) is 14.4 Å². The van der Waals surface area contributed by atoms with E-state index in [0.717, 1.165) is 41.9 Å². The number of hydrogen-bond donors (Lipinski definition) is 1. The highest BCUT2D eigenvalue weighted by molar-refractivity contribution is 8.18. The Hall–Kier alpha value is -2.12. The second-order valence-electron chi connectivity index (χ2n) is 5.92. The summed E-state index contributed by atoms with van der Waals surface area (Å²) in [5.41, 5.74) is 0.858. The third kappa shape index (κ3) is 5.71. The lowest BCUT2D eigenvalue weighted by molar-refractivity contribution is -0.896. The third-order valence-corrected chi connectivity index (χ3v) is 5.14. The van der Waals surface area contributed by atoms with E-state index < -0.39 is 0 Å². The molecule has 1 N–H and O–H groups in total. The number of nitrogens with zero attached hydrogens (tertiary/aromatic N) is 1. The van der Waals surface area contributed by atoms with E-state index in [4.69, 9.17) is 4.74 Å². The summed E-state index contributed by atoms with van der Waals surface area (Å²) in [5, 5.41) is -0.349. The number of carbonyl (C=O) groups is 3. The molecule has 0 aromatic heterocycles. The standard InChI is InChI=1S/C19H24N2O4S/c1-3-20(4-2)12-13-25-17(22)10-11-21-18(23)16(26-19(21)24)14-15-8-6-5-7-9-15/h5-9,14H,3-4,10-13H2,1-2H3/p+1/b16-14-. The van der Waals surface area contributed by atoms with Crippen LogP contribution in [0.1, 0.15) is 25.8 Å². The minimum absolute atomic E-state index is 0.0181. The van der Waals surface area contributed by atoms with Gasteiger partial charge in [0.2, 0.25) is 0 Å². The van der Waals surface area contributed by atoms with Gasteiger partial charge in [0, 0.05) is 6.54 Å². The predicted molar refractivity (Wildman–Crippen MR) is 102 cm³/mol. The first kappa shape index (κ1) is 20.2. The van der Waals surface area contributed by atoms with E-state index in [1.165, 1.54) is 4.90 Å². The maximum Gasteiger partial charge on any atom is 0.307 e. The van der Waals surface area contributed by atoms with Gasteiger partial charge in [-0.1, -0.05) is 30.3 Å². The molecule has 1 heterocycles. The molecule has 1 aromatic rings. The minimum Gasteiger partial charge on any atom is -0.460 e. The van der Waals surface area contributed by atoms with Crippen LogP contribution in [0.5, 0.6) is 0 Å². The summed E-state index contributed by atoms with van der Waals surface area (Å²) in [6, 6.07) is 9.35. The molecule has 7 heteroatoms. The zero-order valence-corrected chi connectivity index (χ0v) is 16.0. The number of hydrogen-bond acceptors (Lipinski definition) is 5. The van der Waals surface area contributed by atoms with Crippen LogP contribution in [0.25, 0.3) is 6.08 Å². The van der Waals surface area contributed by atoms with Gasteiger partial charge >= 0.3 is 5.97 Å². The van der Waals surface area contributed by atoms with E-state index in [-0.39, 0.29) is 30.1 Å². The molecule has 1 fully saturated rings. The molecule has 2 rings (SSSR count). The minimum atomic E-state index is -0.386. The smallest absolute Gasteiger partial charge is 0.307 e. The number of nitrogens with one attached hydrogen (secondary N) is 1. The highest BCUT2D eigenvalue weighted by Gasteiger charge is 2.35. The van der Waals surface area contributed by atoms with Crippen molar-refractivity contribution in [1.29, 1.82) is 0 Å². The van der Waals surface area contributed by atoms with Gasteiger partial charge in [-0.2, -0.15) is 0 Å². The maximum absolute atomic E-state index is 12.4. The number of carbonyl (C=O) groups excluding carboxylic acids is 3. The number of imide groups is 1. The summed E-state index contributed by atoms with van der Waals surface area (Å²) < 4.78 is 5.20. The van der Waals surface area contributed by atoms with Crippen molar-refractivity contribution in [2.45, 2.75) is 20.3 Å². The summed E-state index contributed by atoms with van der Waals surface area (Å²) in [4.78, 5) is 39.1. The van der Waals surface area contributed by atoms with Crippen LogP contribution >= 0.6 is 11.8 Å². The van der Waals surface area contributed by atoms with Crippen LogP contribution in [0.4, 0.5) is 4.79 Å². The average molecular weight is 377 g/mol. The van der Waals surface area contributed by atoms with E-state index in [1.807, 2.05) is 30.3 Å². The number of quaternary nitrogens is 1. The van der Waals surface area contributed by atoms with Crippen LogP contribution in [0.15, 0.2) is 35.2 Å². The Balaban J connectivity index is 1.82. The molecule has 1 aromatic carbocycles. The molecule has 0 aliphatic carbocycles. The first-order chi connectivity index (χ1) is 12.5. The lowest BCUT2D eigenvalue weighted by Gasteiger charge is -2.15. The Morgan fingerprint density at radius 2 is 1.88 bits per heavy atom. The molecule has 0 saturated carbocycles. The van der Waals surface area contributed by atoms with Crippen molar-refractivity contribution in [2.75, 3.05) is 32.8 Å². The molecule has 1 aliphatic rings. The molecule has 0 radical (unpaired) electrons. The number of likely N-dealkylation sites (N-methyl/N-ethyl adjacent to an activating group) is 1. The number of rotatable bonds is 9. The van der Waals surface area contributed by atoms with Crippen molar-refractivity contribution in [3.05, 3.63) is 40.8 Å². The largest absolute Gasteiger partial charge is 0.460 e. The van der Waals surface area contributed by atoms with Crippen molar-refractivity contribution in [3.63, 3.8) is 0 Å². The topological polar surface area (TPSA) is 68.1 Å². The number of amides is 2. The molecule has 26 heavy (non-hydrogen) atoms. The van der Waals surface area contributed by atoms with Crippen LogP contribution in [0.2, 0.25) is 0 Å². The summed E-state index contributed by atoms with van der Waals surface area (Å²) in [6.07, 6.45) is 1.71. The Labute approximate surface area is 158 Å². The van der Waals surface area contributed by atoms with E-state index in [1.54, 1.807) is 6.08 Å². The summed E-state index contributed by atoms with van der Waals surface area (Å²) in [7, 11) is 0. The Morgan fingerprint density at radius 1 is 1.19 bits per heavy atom. The summed E-state index contributed by atoms with van der Waals surface area (Å²) in [5.74, 6) is -0.744. The molecule has 0 spiro atoms. The van der Waals surface area contributed by atoms with Gasteiger partial charge in [-0.25, -0.2) is 0 Å². The molecule has 0 atom stereocenters. The third-order valence-electron chi connectivity index (χ3n) is 4.23. The molecular weight excluding hydrogens is 352 g/mol. The zero-order valence-electron chi connectivity index (χ0n) is 15.2. The van der Waals surface area contributed by atoms with Gasteiger partial charge < -0.3 is 9.64 Å². The fourth-order valence-corrected chi connectivity index (χ4v) is 3.45. The molecule has 6 nitrogen and oxygen atoms in total. The van der Waals surface area contributed by atoms with Crippen LogP contribution in [0.3, 0.4) is 0 Å². The Bertz CT molecular complexity index is 671. The quantitative estimate of drug-likeness (QED) is 0.523. The highest BCUT2D eigenvalue weighted by Crippen LogP contribution is 2.32.